The Labute approximate surface area is 143 Å². The number of hydrogen-bond acceptors (Lipinski definition) is 4. The van der Waals surface area contributed by atoms with Crippen LogP contribution in [0.2, 0.25) is 0 Å². The Morgan fingerprint density at radius 1 is 1.17 bits per heavy atom. The number of nitrogens with zero attached hydrogens (tertiary/aromatic N) is 1. The number of ether oxygens (including phenoxy) is 2. The third kappa shape index (κ3) is 5.11. The first-order valence-corrected chi connectivity index (χ1v) is 8.19. The fraction of sp³-hybridized carbons (Fsp3) is 0.474. The van der Waals surface area contributed by atoms with Gasteiger partial charge in [0.1, 0.15) is 11.7 Å². The lowest BCUT2D eigenvalue weighted by Gasteiger charge is -2.29. The molecule has 0 saturated carbocycles. The van der Waals surface area contributed by atoms with Crippen molar-refractivity contribution in [2.45, 2.75) is 45.8 Å². The SMILES string of the molecule is C[C@H](OC(=O)C1=CCN(C(=O)OC(C)(C)C)CC1)c1ccccc1. The van der Waals surface area contributed by atoms with E-state index in [-0.39, 0.29) is 18.2 Å². The van der Waals surface area contributed by atoms with Gasteiger partial charge in [0.2, 0.25) is 0 Å². The highest BCUT2D eigenvalue weighted by Gasteiger charge is 2.26. The van der Waals surface area contributed by atoms with Gasteiger partial charge in [-0.3, -0.25) is 0 Å². The summed E-state index contributed by atoms with van der Waals surface area (Å²) in [6.07, 6.45) is 1.56. The fourth-order valence-corrected chi connectivity index (χ4v) is 2.38. The van der Waals surface area contributed by atoms with Gasteiger partial charge in [0.05, 0.1) is 0 Å². The Kier molecular flexibility index (Phi) is 5.65. The molecule has 1 heterocycles. The average Bonchev–Trinajstić information content (AvgIpc) is 2.54. The van der Waals surface area contributed by atoms with Gasteiger partial charge in [0.15, 0.2) is 0 Å². The molecule has 5 nitrogen and oxygen atoms in total. The maximum absolute atomic E-state index is 12.3. The van der Waals surface area contributed by atoms with Crippen LogP contribution in [0.25, 0.3) is 0 Å². The van der Waals surface area contributed by atoms with Crippen LogP contribution in [0.3, 0.4) is 0 Å². The van der Waals surface area contributed by atoms with E-state index in [1.807, 2.05) is 58.0 Å². The van der Waals surface area contributed by atoms with E-state index >= 15 is 0 Å². The Morgan fingerprint density at radius 2 is 1.83 bits per heavy atom. The maximum atomic E-state index is 12.3. The molecule has 1 amide bonds. The average molecular weight is 331 g/mol. The minimum absolute atomic E-state index is 0.302. The largest absolute Gasteiger partial charge is 0.454 e. The molecule has 0 unspecified atom stereocenters. The Bertz CT molecular complexity index is 616. The molecule has 5 heteroatoms. The van der Waals surface area contributed by atoms with Crippen molar-refractivity contribution >= 4 is 12.1 Å². The molecule has 0 bridgehead atoms. The summed E-state index contributed by atoms with van der Waals surface area (Å²) >= 11 is 0. The molecule has 1 aromatic rings. The molecule has 130 valence electrons. The number of esters is 1. The van der Waals surface area contributed by atoms with Crippen molar-refractivity contribution in [2.75, 3.05) is 13.1 Å². The van der Waals surface area contributed by atoms with E-state index in [0.717, 1.165) is 5.56 Å². The van der Waals surface area contributed by atoms with Crippen LogP contribution in [-0.4, -0.2) is 35.7 Å². The van der Waals surface area contributed by atoms with Crippen LogP contribution in [0.4, 0.5) is 4.79 Å². The van der Waals surface area contributed by atoms with Gasteiger partial charge in [-0.25, -0.2) is 9.59 Å². The maximum Gasteiger partial charge on any atom is 0.410 e. The lowest BCUT2D eigenvalue weighted by atomic mass is 10.1. The first-order valence-electron chi connectivity index (χ1n) is 8.19. The van der Waals surface area contributed by atoms with Crippen molar-refractivity contribution in [3.05, 3.63) is 47.5 Å². The molecule has 1 aliphatic rings. The predicted octanol–water partition coefficient (Wildman–Crippen LogP) is 3.86. The molecule has 1 aliphatic heterocycles. The van der Waals surface area contributed by atoms with Crippen LogP contribution in [-0.2, 0) is 14.3 Å². The first kappa shape index (κ1) is 18.0. The van der Waals surface area contributed by atoms with E-state index < -0.39 is 5.60 Å². The molecule has 2 rings (SSSR count). The zero-order valence-corrected chi connectivity index (χ0v) is 14.7. The molecule has 0 aromatic heterocycles. The molecular weight excluding hydrogens is 306 g/mol. The van der Waals surface area contributed by atoms with Crippen molar-refractivity contribution in [1.82, 2.24) is 4.90 Å². The standard InChI is InChI=1S/C19H25NO4/c1-14(15-8-6-5-7-9-15)23-17(21)16-10-12-20(13-11-16)18(22)24-19(2,3)4/h5-10,14H,11-13H2,1-4H3/t14-/m0/s1. The Morgan fingerprint density at radius 3 is 2.38 bits per heavy atom. The van der Waals surface area contributed by atoms with E-state index in [4.69, 9.17) is 9.47 Å². The summed E-state index contributed by atoms with van der Waals surface area (Å²) in [4.78, 5) is 25.9. The first-order chi connectivity index (χ1) is 11.3. The monoisotopic (exact) mass is 331 g/mol. The number of rotatable bonds is 3. The number of amides is 1. The second-order valence-electron chi connectivity index (χ2n) is 6.86. The van der Waals surface area contributed by atoms with Gasteiger partial charge in [0, 0.05) is 18.7 Å². The fourth-order valence-electron chi connectivity index (χ4n) is 2.38. The van der Waals surface area contributed by atoms with E-state index in [2.05, 4.69) is 0 Å². The molecule has 0 fully saturated rings. The smallest absolute Gasteiger partial charge is 0.410 e. The van der Waals surface area contributed by atoms with Crippen molar-refractivity contribution < 1.29 is 19.1 Å². The summed E-state index contributed by atoms with van der Waals surface area (Å²) in [5.41, 5.74) is 1.04. The number of carbonyl (C=O) groups is 2. The minimum Gasteiger partial charge on any atom is -0.454 e. The van der Waals surface area contributed by atoms with Gasteiger partial charge in [-0.05, 0) is 39.7 Å². The highest BCUT2D eigenvalue weighted by molar-refractivity contribution is 5.89. The summed E-state index contributed by atoms with van der Waals surface area (Å²) in [5.74, 6) is -0.324. The van der Waals surface area contributed by atoms with Gasteiger partial charge >= 0.3 is 12.1 Å². The third-order valence-electron chi connectivity index (χ3n) is 3.68. The van der Waals surface area contributed by atoms with Gasteiger partial charge in [0.25, 0.3) is 0 Å². The molecule has 0 aliphatic carbocycles. The van der Waals surface area contributed by atoms with Crippen LogP contribution in [0.5, 0.6) is 0 Å². The molecule has 0 radical (unpaired) electrons. The lowest BCUT2D eigenvalue weighted by Crippen LogP contribution is -2.39. The van der Waals surface area contributed by atoms with Crippen molar-refractivity contribution in [1.29, 1.82) is 0 Å². The zero-order valence-electron chi connectivity index (χ0n) is 14.7. The minimum atomic E-state index is -0.523. The van der Waals surface area contributed by atoms with Gasteiger partial charge < -0.3 is 14.4 Å². The highest BCUT2D eigenvalue weighted by Crippen LogP contribution is 2.21. The number of benzene rings is 1. The van der Waals surface area contributed by atoms with E-state index in [1.54, 1.807) is 11.0 Å². The van der Waals surface area contributed by atoms with E-state index in [1.165, 1.54) is 0 Å². The van der Waals surface area contributed by atoms with Crippen molar-refractivity contribution in [3.63, 3.8) is 0 Å². The lowest BCUT2D eigenvalue weighted by molar-refractivity contribution is -0.144. The van der Waals surface area contributed by atoms with Crippen LogP contribution in [0.15, 0.2) is 42.0 Å². The summed E-state index contributed by atoms with van der Waals surface area (Å²) in [6, 6.07) is 9.61. The summed E-state index contributed by atoms with van der Waals surface area (Å²) in [6.45, 7) is 8.16. The van der Waals surface area contributed by atoms with Crippen LogP contribution in [0.1, 0.15) is 45.8 Å². The Hall–Kier alpha value is -2.30. The molecule has 1 aromatic carbocycles. The zero-order chi connectivity index (χ0) is 17.7. The molecule has 24 heavy (non-hydrogen) atoms. The quantitative estimate of drug-likeness (QED) is 0.789. The molecule has 1 atom stereocenters. The van der Waals surface area contributed by atoms with Gasteiger partial charge in [-0.1, -0.05) is 36.4 Å². The topological polar surface area (TPSA) is 55.8 Å². The van der Waals surface area contributed by atoms with Crippen LogP contribution >= 0.6 is 0 Å². The van der Waals surface area contributed by atoms with Crippen LogP contribution in [0, 0.1) is 0 Å². The predicted molar refractivity (Wildman–Crippen MR) is 91.5 cm³/mol. The van der Waals surface area contributed by atoms with Gasteiger partial charge in [-0.2, -0.15) is 0 Å². The third-order valence-corrected chi connectivity index (χ3v) is 3.68. The summed E-state index contributed by atoms with van der Waals surface area (Å²) in [7, 11) is 0. The normalized spacial score (nSPS) is 16.2. The molecule has 0 spiro atoms. The highest BCUT2D eigenvalue weighted by atomic mass is 16.6. The van der Waals surface area contributed by atoms with Gasteiger partial charge in [-0.15, -0.1) is 0 Å². The van der Waals surface area contributed by atoms with Crippen molar-refractivity contribution in [3.8, 4) is 0 Å². The van der Waals surface area contributed by atoms with Crippen LogP contribution < -0.4 is 0 Å². The van der Waals surface area contributed by atoms with E-state index in [9.17, 15) is 9.59 Å². The van der Waals surface area contributed by atoms with Crippen molar-refractivity contribution in [2.24, 2.45) is 0 Å². The number of hydrogen-bond donors (Lipinski definition) is 0. The second-order valence-corrected chi connectivity index (χ2v) is 6.86. The molecule has 0 saturated heterocycles. The number of carbonyl (C=O) groups excluding carboxylic acids is 2. The molecular formula is C19H25NO4. The van der Waals surface area contributed by atoms with E-state index in [0.29, 0.717) is 25.1 Å². The summed E-state index contributed by atoms with van der Waals surface area (Å²) in [5, 5.41) is 0. The molecule has 0 N–H and O–H groups in total. The Balaban J connectivity index is 1.90. The second kappa shape index (κ2) is 7.51. The summed E-state index contributed by atoms with van der Waals surface area (Å²) < 4.78 is 10.8.